The largest absolute Gasteiger partial charge is 0.454 e. The van der Waals surface area contributed by atoms with Gasteiger partial charge < -0.3 is 14.4 Å². The van der Waals surface area contributed by atoms with Crippen LogP contribution < -0.4 is 9.47 Å². The van der Waals surface area contributed by atoms with Crippen LogP contribution in [0.15, 0.2) is 42.5 Å². The molecule has 5 nitrogen and oxygen atoms in total. The zero-order chi connectivity index (χ0) is 18.2. The van der Waals surface area contributed by atoms with Gasteiger partial charge in [0, 0.05) is 32.6 Å². The number of carbonyl (C=O) groups excluding carboxylic acids is 1. The third-order valence-corrected chi connectivity index (χ3v) is 5.99. The van der Waals surface area contributed by atoms with Crippen LogP contribution in [0.1, 0.15) is 29.2 Å². The van der Waals surface area contributed by atoms with E-state index >= 15 is 0 Å². The summed E-state index contributed by atoms with van der Waals surface area (Å²) in [4.78, 5) is 17.4. The molecule has 3 aliphatic heterocycles. The third-order valence-electron chi connectivity index (χ3n) is 5.99. The molecule has 5 heteroatoms. The molecule has 1 amide bonds. The molecule has 3 heterocycles. The molecule has 2 aromatic rings. The predicted molar refractivity (Wildman–Crippen MR) is 102 cm³/mol. The molecule has 1 atom stereocenters. The van der Waals surface area contributed by atoms with Crippen LogP contribution in [0.3, 0.4) is 0 Å². The van der Waals surface area contributed by atoms with Crippen molar-refractivity contribution in [1.82, 2.24) is 9.80 Å². The fourth-order valence-electron chi connectivity index (χ4n) is 4.47. The van der Waals surface area contributed by atoms with Crippen LogP contribution in [-0.2, 0) is 17.6 Å². The maximum Gasteiger partial charge on any atom is 0.231 e. The third kappa shape index (κ3) is 3.16. The summed E-state index contributed by atoms with van der Waals surface area (Å²) >= 11 is 0. The first kappa shape index (κ1) is 16.6. The summed E-state index contributed by atoms with van der Waals surface area (Å²) in [7, 11) is 0. The number of nitrogens with zero attached hydrogens (tertiary/aromatic N) is 2. The zero-order valence-corrected chi connectivity index (χ0v) is 15.4. The fraction of sp³-hybridized carbons (Fsp3) is 0.409. The van der Waals surface area contributed by atoms with Gasteiger partial charge in [-0.25, -0.2) is 0 Å². The van der Waals surface area contributed by atoms with Crippen molar-refractivity contribution in [3.8, 4) is 11.5 Å². The monoisotopic (exact) mass is 364 g/mol. The first-order valence-electron chi connectivity index (χ1n) is 9.76. The van der Waals surface area contributed by atoms with E-state index in [2.05, 4.69) is 34.1 Å². The van der Waals surface area contributed by atoms with Gasteiger partial charge in [0.05, 0.1) is 6.04 Å². The summed E-state index contributed by atoms with van der Waals surface area (Å²) in [6.45, 7) is 3.98. The van der Waals surface area contributed by atoms with E-state index < -0.39 is 0 Å². The van der Waals surface area contributed by atoms with Crippen molar-refractivity contribution in [3.05, 3.63) is 59.2 Å². The molecule has 3 aliphatic rings. The number of hydrogen-bond acceptors (Lipinski definition) is 4. The fourth-order valence-corrected chi connectivity index (χ4v) is 4.47. The Kier molecular flexibility index (Phi) is 4.24. The number of hydrogen-bond donors (Lipinski definition) is 0. The minimum atomic E-state index is 0.246. The van der Waals surface area contributed by atoms with E-state index in [4.69, 9.17) is 9.47 Å². The number of piperazine rings is 1. The highest BCUT2D eigenvalue weighted by Crippen LogP contribution is 2.34. The first-order chi connectivity index (χ1) is 13.3. The Bertz CT molecular complexity index is 866. The molecule has 0 bridgehead atoms. The van der Waals surface area contributed by atoms with Crippen LogP contribution in [-0.4, -0.2) is 48.7 Å². The second-order valence-corrected chi connectivity index (χ2v) is 7.53. The highest BCUT2D eigenvalue weighted by Gasteiger charge is 2.33. The molecule has 27 heavy (non-hydrogen) atoms. The molecule has 0 aliphatic carbocycles. The van der Waals surface area contributed by atoms with Crippen molar-refractivity contribution < 1.29 is 14.3 Å². The average molecular weight is 364 g/mol. The summed E-state index contributed by atoms with van der Waals surface area (Å²) in [5.74, 6) is 1.82. The van der Waals surface area contributed by atoms with Crippen molar-refractivity contribution in [1.29, 1.82) is 0 Å². The number of rotatable bonds is 3. The van der Waals surface area contributed by atoms with Gasteiger partial charge in [-0.15, -0.1) is 0 Å². The number of benzene rings is 2. The van der Waals surface area contributed by atoms with E-state index in [0.29, 0.717) is 12.5 Å². The van der Waals surface area contributed by atoms with Crippen LogP contribution in [0.5, 0.6) is 11.5 Å². The maximum atomic E-state index is 12.8. The van der Waals surface area contributed by atoms with E-state index in [1.165, 1.54) is 11.1 Å². The van der Waals surface area contributed by atoms with Gasteiger partial charge in [0.1, 0.15) is 0 Å². The van der Waals surface area contributed by atoms with Crippen molar-refractivity contribution >= 4 is 5.91 Å². The van der Waals surface area contributed by atoms with Crippen molar-refractivity contribution in [2.75, 3.05) is 33.0 Å². The second-order valence-electron chi connectivity index (χ2n) is 7.53. The van der Waals surface area contributed by atoms with E-state index in [1.54, 1.807) is 0 Å². The van der Waals surface area contributed by atoms with Crippen LogP contribution in [0.25, 0.3) is 0 Å². The molecule has 140 valence electrons. The molecule has 5 rings (SSSR count). The van der Waals surface area contributed by atoms with E-state index in [1.807, 2.05) is 18.2 Å². The number of amides is 1. The summed E-state index contributed by atoms with van der Waals surface area (Å²) < 4.78 is 10.8. The van der Waals surface area contributed by atoms with Gasteiger partial charge in [-0.05, 0) is 41.7 Å². The molecule has 1 fully saturated rings. The summed E-state index contributed by atoms with van der Waals surface area (Å²) in [6, 6.07) is 15.0. The minimum absolute atomic E-state index is 0.246. The highest BCUT2D eigenvalue weighted by atomic mass is 16.7. The summed E-state index contributed by atoms with van der Waals surface area (Å²) in [5, 5.41) is 0. The Labute approximate surface area is 159 Å². The second kappa shape index (κ2) is 6.89. The molecule has 0 radical (unpaired) electrons. The molecular formula is C22H24N2O3. The molecular weight excluding hydrogens is 340 g/mol. The first-order valence-corrected chi connectivity index (χ1v) is 9.76. The number of carbonyl (C=O) groups is 1. The predicted octanol–water partition coefficient (Wildman–Crippen LogP) is 2.79. The summed E-state index contributed by atoms with van der Waals surface area (Å²) in [5.41, 5.74) is 3.96. The average Bonchev–Trinajstić information content (AvgIpc) is 3.19. The Morgan fingerprint density at radius 2 is 1.93 bits per heavy atom. The van der Waals surface area contributed by atoms with Crippen LogP contribution in [0, 0.1) is 0 Å². The number of fused-ring (bicyclic) bond motifs is 4. The molecule has 2 aromatic carbocycles. The standard InChI is InChI=1S/C22H24N2O3/c25-22(8-6-16-5-7-20-21(13-16)27-15-26-20)24-12-11-23-10-9-17-3-1-2-4-18(17)19(23)14-24/h1-5,7,13,19H,6,8-12,14-15H2. The molecule has 1 unspecified atom stereocenters. The van der Waals surface area contributed by atoms with Crippen LogP contribution >= 0.6 is 0 Å². The Hall–Kier alpha value is -2.53. The number of ether oxygens (including phenoxy) is 2. The molecule has 0 N–H and O–H groups in total. The number of aryl methyl sites for hydroxylation is 1. The normalized spacial score (nSPS) is 20.9. The highest BCUT2D eigenvalue weighted by molar-refractivity contribution is 5.76. The SMILES string of the molecule is O=C(CCc1ccc2c(c1)OCO2)N1CCN2CCc3ccccc3C2C1. The van der Waals surface area contributed by atoms with Gasteiger partial charge in [0.25, 0.3) is 0 Å². The molecule has 1 saturated heterocycles. The summed E-state index contributed by atoms with van der Waals surface area (Å²) in [6.07, 6.45) is 2.38. The van der Waals surface area contributed by atoms with E-state index in [-0.39, 0.29) is 12.7 Å². The molecule has 0 saturated carbocycles. The van der Waals surface area contributed by atoms with Gasteiger partial charge in [-0.2, -0.15) is 0 Å². The van der Waals surface area contributed by atoms with Gasteiger partial charge in [-0.1, -0.05) is 30.3 Å². The van der Waals surface area contributed by atoms with Gasteiger partial charge >= 0.3 is 0 Å². The van der Waals surface area contributed by atoms with Gasteiger partial charge in [0.2, 0.25) is 12.7 Å². The topological polar surface area (TPSA) is 42.0 Å². The van der Waals surface area contributed by atoms with Crippen LogP contribution in [0.2, 0.25) is 0 Å². The van der Waals surface area contributed by atoms with Crippen molar-refractivity contribution in [3.63, 3.8) is 0 Å². The van der Waals surface area contributed by atoms with Crippen molar-refractivity contribution in [2.24, 2.45) is 0 Å². The Balaban J connectivity index is 1.24. The molecule has 0 aromatic heterocycles. The van der Waals surface area contributed by atoms with Crippen LogP contribution in [0.4, 0.5) is 0 Å². The lowest BCUT2D eigenvalue weighted by Gasteiger charge is -2.45. The molecule has 0 spiro atoms. The maximum absolute atomic E-state index is 12.8. The van der Waals surface area contributed by atoms with E-state index in [9.17, 15) is 4.79 Å². The lowest BCUT2D eigenvalue weighted by molar-refractivity contribution is -0.134. The van der Waals surface area contributed by atoms with Gasteiger partial charge in [-0.3, -0.25) is 9.69 Å². The quantitative estimate of drug-likeness (QED) is 0.840. The van der Waals surface area contributed by atoms with E-state index in [0.717, 1.165) is 56.1 Å². The smallest absolute Gasteiger partial charge is 0.231 e. The zero-order valence-electron chi connectivity index (χ0n) is 15.4. The van der Waals surface area contributed by atoms with Gasteiger partial charge in [0.15, 0.2) is 11.5 Å². The Morgan fingerprint density at radius 1 is 1.04 bits per heavy atom. The lowest BCUT2D eigenvalue weighted by atomic mass is 9.91. The van der Waals surface area contributed by atoms with Crippen molar-refractivity contribution in [2.45, 2.75) is 25.3 Å². The Morgan fingerprint density at radius 3 is 2.89 bits per heavy atom. The minimum Gasteiger partial charge on any atom is -0.454 e. The lowest BCUT2D eigenvalue weighted by Crippen LogP contribution is -2.52.